The molecule has 0 fully saturated rings. The molecule has 0 aliphatic heterocycles. The molecule has 0 aromatic carbocycles. The summed E-state index contributed by atoms with van der Waals surface area (Å²) in [5.41, 5.74) is 0. The Morgan fingerprint density at radius 3 is 1.33 bits per heavy atom. The van der Waals surface area contributed by atoms with E-state index in [1.54, 1.807) is 0 Å². The minimum atomic E-state index is -2.33. The van der Waals surface area contributed by atoms with E-state index in [2.05, 4.69) is 0 Å². The van der Waals surface area contributed by atoms with Crippen molar-refractivity contribution in [3.8, 4) is 0 Å². The molecule has 0 spiro atoms. The van der Waals surface area contributed by atoms with Gasteiger partial charge >= 0.3 is 75.5 Å². The number of hydrogen-bond acceptors (Lipinski definition) is 3. The number of carbonyl (C=O) groups excluding carboxylic acids is 1. The van der Waals surface area contributed by atoms with E-state index in [1.165, 1.54) is 0 Å². The van der Waals surface area contributed by atoms with Crippen LogP contribution in [-0.4, -0.2) is 81.6 Å². The van der Waals surface area contributed by atoms with Crippen LogP contribution in [0.4, 0.5) is 4.79 Å². The van der Waals surface area contributed by atoms with Gasteiger partial charge in [0, 0.05) is 0 Å². The minimum absolute atomic E-state index is 0. The van der Waals surface area contributed by atoms with Crippen LogP contribution in [0.1, 0.15) is 0 Å². The fraction of sp³-hybridized carbons (Fsp3) is 0. The third-order valence-corrected chi connectivity index (χ3v) is 0. The van der Waals surface area contributed by atoms with Crippen LogP contribution < -0.4 is 10.2 Å². The van der Waals surface area contributed by atoms with E-state index in [0.29, 0.717) is 0 Å². The first-order valence-electron chi connectivity index (χ1n) is 0.612. The summed E-state index contributed by atoms with van der Waals surface area (Å²) in [6.45, 7) is 0. The zero-order valence-electron chi connectivity index (χ0n) is 2.43. The van der Waals surface area contributed by atoms with Crippen molar-refractivity contribution in [3.05, 3.63) is 0 Å². The fourth-order valence-corrected chi connectivity index (χ4v) is 0. The van der Waals surface area contributed by atoms with Gasteiger partial charge in [-0.05, 0) is 6.16 Å². The summed E-state index contributed by atoms with van der Waals surface area (Å²) in [6, 6.07) is 0. The second-order valence-electron chi connectivity index (χ2n) is 0.250. The van der Waals surface area contributed by atoms with E-state index in [4.69, 9.17) is 15.0 Å². The van der Waals surface area contributed by atoms with Gasteiger partial charge in [0.25, 0.3) is 0 Å². The summed E-state index contributed by atoms with van der Waals surface area (Å²) in [6.07, 6.45) is -2.33. The van der Waals surface area contributed by atoms with Crippen LogP contribution in [0.25, 0.3) is 0 Å². The van der Waals surface area contributed by atoms with Gasteiger partial charge in [0.2, 0.25) is 0 Å². The summed E-state index contributed by atoms with van der Waals surface area (Å²) in [4.78, 5) is 8.33. The molecular weight excluding hydrogens is 140 g/mol. The van der Waals surface area contributed by atoms with E-state index in [1.807, 2.05) is 0 Å². The van der Waals surface area contributed by atoms with Crippen molar-refractivity contribution in [2.75, 3.05) is 0 Å². The number of hydrogen-bond donors (Lipinski definition) is 0. The van der Waals surface area contributed by atoms with Crippen molar-refractivity contribution in [2.45, 2.75) is 0 Å². The van der Waals surface area contributed by atoms with Crippen LogP contribution >= 0.6 is 0 Å². The molecule has 0 aromatic heterocycles. The molecule has 5 heteroatoms. The van der Waals surface area contributed by atoms with Crippen molar-refractivity contribution in [1.29, 1.82) is 0 Å². The Morgan fingerprint density at radius 2 is 1.33 bits per heavy atom. The molecule has 0 saturated heterocycles. The number of rotatable bonds is 0. The quantitative estimate of drug-likeness (QED) is 0.326. The normalized spacial score (nSPS) is 4.00. The Labute approximate surface area is 94.7 Å². The van der Waals surface area contributed by atoms with Gasteiger partial charge in [0.15, 0.2) is 0 Å². The van der Waals surface area contributed by atoms with Crippen LogP contribution in [0.5, 0.6) is 0 Å². The molecule has 6 heavy (non-hydrogen) atoms. The molecule has 0 N–H and O–H groups in total. The average molecular weight is 142 g/mol. The standard InChI is InChI=1S/CH2O3.2Ca.2H/c2-1(3)4;;;;/h(H2,2,3,4);;;;/q;;+2;;/p-2. The molecule has 0 aromatic rings. The Balaban J connectivity index is -0.0000000450. The third kappa shape index (κ3) is 41.5. The fourth-order valence-electron chi connectivity index (χ4n) is 0. The van der Waals surface area contributed by atoms with Gasteiger partial charge in [-0.3, -0.25) is 0 Å². The van der Waals surface area contributed by atoms with Gasteiger partial charge in [-0.2, -0.15) is 0 Å². The second kappa shape index (κ2) is 9.92. The van der Waals surface area contributed by atoms with Gasteiger partial charge in [0.05, 0.1) is 0 Å². The Kier molecular flexibility index (Phi) is 25.9. The number of carbonyl (C=O) groups is 1. The van der Waals surface area contributed by atoms with E-state index >= 15 is 0 Å². The molecule has 0 aliphatic carbocycles. The Bertz CT molecular complexity index is 31.8. The predicted molar refractivity (Wildman–Crippen MR) is 19.7 cm³/mol. The van der Waals surface area contributed by atoms with Crippen LogP contribution in [0.3, 0.4) is 0 Å². The van der Waals surface area contributed by atoms with Gasteiger partial charge in [-0.1, -0.05) is 0 Å². The summed E-state index contributed by atoms with van der Waals surface area (Å²) < 4.78 is 0. The summed E-state index contributed by atoms with van der Waals surface area (Å²) in [5.74, 6) is 0. The molecular formula is CH2Ca2O3. The van der Waals surface area contributed by atoms with Crippen molar-refractivity contribution in [2.24, 2.45) is 0 Å². The van der Waals surface area contributed by atoms with Crippen LogP contribution in [0.2, 0.25) is 0 Å². The summed E-state index contributed by atoms with van der Waals surface area (Å²) >= 11 is 0. The van der Waals surface area contributed by atoms with Gasteiger partial charge < -0.3 is 15.0 Å². The topological polar surface area (TPSA) is 63.2 Å². The SMILES string of the molecule is O=C([O-])[O-].[Ca+2].[CaH2]. The van der Waals surface area contributed by atoms with E-state index in [9.17, 15) is 0 Å². The first-order chi connectivity index (χ1) is 1.73. The predicted octanol–water partition coefficient (Wildman–Crippen LogP) is -3.74. The van der Waals surface area contributed by atoms with Gasteiger partial charge in [-0.15, -0.1) is 0 Å². The van der Waals surface area contributed by atoms with Crippen LogP contribution in [0, 0.1) is 0 Å². The van der Waals surface area contributed by atoms with Crippen molar-refractivity contribution >= 4 is 81.6 Å². The second-order valence-corrected chi connectivity index (χ2v) is 0.250. The summed E-state index contributed by atoms with van der Waals surface area (Å²) in [7, 11) is 0. The van der Waals surface area contributed by atoms with E-state index in [-0.39, 0.29) is 75.5 Å². The molecule has 0 atom stereocenters. The third-order valence-electron chi connectivity index (χ3n) is 0. The maximum atomic E-state index is 8.33. The van der Waals surface area contributed by atoms with Crippen molar-refractivity contribution in [3.63, 3.8) is 0 Å². The van der Waals surface area contributed by atoms with E-state index in [0.717, 1.165) is 0 Å². The first kappa shape index (κ1) is 15.7. The molecule has 0 radical (unpaired) electrons. The maximum absolute atomic E-state index is 8.33. The molecule has 3 nitrogen and oxygen atoms in total. The summed E-state index contributed by atoms with van der Waals surface area (Å²) in [5, 5.41) is 16.7. The molecule has 0 amide bonds. The molecule has 0 saturated carbocycles. The molecule has 0 bridgehead atoms. The van der Waals surface area contributed by atoms with E-state index < -0.39 is 6.16 Å². The monoisotopic (exact) mass is 142 g/mol. The first-order valence-corrected chi connectivity index (χ1v) is 0.612. The molecule has 28 valence electrons. The molecule has 0 unspecified atom stereocenters. The molecule has 0 heterocycles. The molecule has 0 rings (SSSR count). The van der Waals surface area contributed by atoms with Crippen LogP contribution in [-0.2, 0) is 0 Å². The van der Waals surface area contributed by atoms with Crippen LogP contribution in [0.15, 0.2) is 0 Å². The Morgan fingerprint density at radius 1 is 1.33 bits per heavy atom. The zero-order chi connectivity index (χ0) is 3.58. The average Bonchev–Trinajstić information content (AvgIpc) is 0.811. The van der Waals surface area contributed by atoms with Gasteiger partial charge in [0.1, 0.15) is 0 Å². The van der Waals surface area contributed by atoms with Crippen molar-refractivity contribution < 1.29 is 15.0 Å². The molecule has 0 aliphatic rings. The zero-order valence-corrected chi connectivity index (χ0v) is 4.64. The van der Waals surface area contributed by atoms with Crippen molar-refractivity contribution in [1.82, 2.24) is 0 Å². The number of carboxylic acid groups (broad SMARTS) is 2. The Hall–Kier alpha value is 1.79. The van der Waals surface area contributed by atoms with Gasteiger partial charge in [-0.25, -0.2) is 0 Å².